The van der Waals surface area contributed by atoms with Crippen molar-refractivity contribution in [3.05, 3.63) is 0 Å². The molecule has 5 nitrogen and oxygen atoms in total. The van der Waals surface area contributed by atoms with Crippen LogP contribution in [0.3, 0.4) is 0 Å². The van der Waals surface area contributed by atoms with E-state index in [1.54, 1.807) is 7.11 Å². The summed E-state index contributed by atoms with van der Waals surface area (Å²) in [7, 11) is 1.56. The van der Waals surface area contributed by atoms with Crippen molar-refractivity contribution in [2.45, 2.75) is 37.8 Å². The second-order valence-electron chi connectivity index (χ2n) is 5.59. The number of hydrogen-bond acceptors (Lipinski definition) is 4. The Bertz CT molecular complexity index is 283. The van der Waals surface area contributed by atoms with Gasteiger partial charge in [-0.1, -0.05) is 0 Å². The number of carbonyl (C=O) groups is 1. The van der Waals surface area contributed by atoms with Gasteiger partial charge in [-0.25, -0.2) is 0 Å². The Balaban J connectivity index is 0.00000180. The highest BCUT2D eigenvalue weighted by Gasteiger charge is 2.28. The SMILES string of the molecule is COCC(N)C(=O)NC1CCN(CC2CC2)CC1.Cl.Cl. The van der Waals surface area contributed by atoms with E-state index in [1.165, 1.54) is 19.4 Å². The number of rotatable bonds is 6. The number of methoxy groups -OCH3 is 1. The molecule has 1 saturated carbocycles. The van der Waals surface area contributed by atoms with Gasteiger partial charge < -0.3 is 20.7 Å². The first-order chi connectivity index (χ1) is 8.69. The summed E-state index contributed by atoms with van der Waals surface area (Å²) in [6.45, 7) is 3.73. The third kappa shape index (κ3) is 6.59. The predicted octanol–water partition coefficient (Wildman–Crippen LogP) is 0.794. The van der Waals surface area contributed by atoms with E-state index in [1.807, 2.05) is 0 Å². The molecule has 0 spiro atoms. The van der Waals surface area contributed by atoms with Crippen LogP contribution in [0.1, 0.15) is 25.7 Å². The Hall–Kier alpha value is -0.0700. The molecule has 2 fully saturated rings. The lowest BCUT2D eigenvalue weighted by atomic mass is 10.0. The number of halogens is 2. The molecule has 1 aliphatic heterocycles. The average molecular weight is 328 g/mol. The van der Waals surface area contributed by atoms with Gasteiger partial charge in [0.2, 0.25) is 5.91 Å². The van der Waals surface area contributed by atoms with E-state index in [4.69, 9.17) is 10.5 Å². The van der Waals surface area contributed by atoms with Crippen LogP contribution in [-0.4, -0.2) is 56.2 Å². The van der Waals surface area contributed by atoms with Crippen LogP contribution in [0, 0.1) is 5.92 Å². The van der Waals surface area contributed by atoms with Crippen molar-refractivity contribution in [1.82, 2.24) is 10.2 Å². The third-order valence-corrected chi connectivity index (χ3v) is 3.83. The molecule has 7 heteroatoms. The maximum atomic E-state index is 11.7. The average Bonchev–Trinajstić information content (AvgIpc) is 3.16. The van der Waals surface area contributed by atoms with Gasteiger partial charge in [0.25, 0.3) is 0 Å². The highest BCUT2D eigenvalue weighted by atomic mass is 35.5. The van der Waals surface area contributed by atoms with Crippen molar-refractivity contribution in [2.24, 2.45) is 11.7 Å². The Labute approximate surface area is 133 Å². The van der Waals surface area contributed by atoms with Crippen molar-refractivity contribution >= 4 is 30.7 Å². The molecule has 1 amide bonds. The van der Waals surface area contributed by atoms with Crippen LogP contribution in [0.15, 0.2) is 0 Å². The van der Waals surface area contributed by atoms with Crippen molar-refractivity contribution < 1.29 is 9.53 Å². The van der Waals surface area contributed by atoms with Crippen LogP contribution in [0.25, 0.3) is 0 Å². The molecule has 1 atom stereocenters. The summed E-state index contributed by atoms with van der Waals surface area (Å²) in [5.74, 6) is 0.865. The number of likely N-dealkylation sites (tertiary alicyclic amines) is 1. The summed E-state index contributed by atoms with van der Waals surface area (Å²) in [4.78, 5) is 14.3. The molecule has 0 bridgehead atoms. The van der Waals surface area contributed by atoms with E-state index in [2.05, 4.69) is 10.2 Å². The van der Waals surface area contributed by atoms with Gasteiger partial charge in [-0.05, 0) is 31.6 Å². The lowest BCUT2D eigenvalue weighted by Crippen LogP contribution is -2.51. The molecule has 0 radical (unpaired) electrons. The molecule has 0 aromatic carbocycles. The summed E-state index contributed by atoms with van der Waals surface area (Å²) < 4.78 is 4.89. The van der Waals surface area contributed by atoms with Crippen LogP contribution in [0.5, 0.6) is 0 Å². The van der Waals surface area contributed by atoms with E-state index in [0.717, 1.165) is 31.8 Å². The van der Waals surface area contributed by atoms with Crippen LogP contribution in [-0.2, 0) is 9.53 Å². The fourth-order valence-corrected chi connectivity index (χ4v) is 2.49. The summed E-state index contributed by atoms with van der Waals surface area (Å²) in [6.07, 6.45) is 4.89. The van der Waals surface area contributed by atoms with Gasteiger partial charge in [-0.3, -0.25) is 4.79 Å². The minimum absolute atomic E-state index is 0. The van der Waals surface area contributed by atoms with Crippen molar-refractivity contribution in [3.63, 3.8) is 0 Å². The zero-order valence-electron chi connectivity index (χ0n) is 12.0. The number of hydrogen-bond donors (Lipinski definition) is 2. The maximum Gasteiger partial charge on any atom is 0.239 e. The molecule has 1 aliphatic carbocycles. The summed E-state index contributed by atoms with van der Waals surface area (Å²) >= 11 is 0. The first-order valence-electron chi connectivity index (χ1n) is 6.96. The third-order valence-electron chi connectivity index (χ3n) is 3.83. The van der Waals surface area contributed by atoms with Gasteiger partial charge in [0.05, 0.1) is 6.61 Å². The molecule has 3 N–H and O–H groups in total. The zero-order chi connectivity index (χ0) is 13.0. The van der Waals surface area contributed by atoms with E-state index < -0.39 is 6.04 Å². The second kappa shape index (κ2) is 9.79. The van der Waals surface area contributed by atoms with Gasteiger partial charge >= 0.3 is 0 Å². The highest BCUT2D eigenvalue weighted by molar-refractivity contribution is 5.85. The summed E-state index contributed by atoms with van der Waals surface area (Å²) in [6, 6.07) is -0.254. The number of piperidine rings is 1. The van der Waals surface area contributed by atoms with Crippen molar-refractivity contribution in [2.75, 3.05) is 33.4 Å². The monoisotopic (exact) mass is 327 g/mol. The van der Waals surface area contributed by atoms with Crippen LogP contribution in [0.2, 0.25) is 0 Å². The minimum Gasteiger partial charge on any atom is -0.383 e. The topological polar surface area (TPSA) is 67.6 Å². The lowest BCUT2D eigenvalue weighted by Gasteiger charge is -2.32. The van der Waals surface area contributed by atoms with E-state index >= 15 is 0 Å². The number of ether oxygens (including phenoxy) is 1. The van der Waals surface area contributed by atoms with Gasteiger partial charge in [-0.15, -0.1) is 24.8 Å². The van der Waals surface area contributed by atoms with Gasteiger partial charge in [0.15, 0.2) is 0 Å². The van der Waals surface area contributed by atoms with E-state index in [0.29, 0.717) is 0 Å². The molecule has 120 valence electrons. The van der Waals surface area contributed by atoms with Crippen molar-refractivity contribution in [1.29, 1.82) is 0 Å². The van der Waals surface area contributed by atoms with Crippen LogP contribution >= 0.6 is 24.8 Å². The molecule has 1 unspecified atom stereocenters. The first kappa shape index (κ1) is 19.9. The normalized spacial score (nSPS) is 21.5. The summed E-state index contributed by atoms with van der Waals surface area (Å²) in [5.41, 5.74) is 5.70. The maximum absolute atomic E-state index is 11.7. The Kier molecular flexibility index (Phi) is 9.76. The van der Waals surface area contributed by atoms with Crippen molar-refractivity contribution in [3.8, 4) is 0 Å². The zero-order valence-corrected chi connectivity index (χ0v) is 13.7. The smallest absolute Gasteiger partial charge is 0.239 e. The molecule has 0 aromatic heterocycles. The number of nitrogens with two attached hydrogens (primary N) is 1. The molecule has 2 rings (SSSR count). The molecule has 0 aromatic rings. The first-order valence-corrected chi connectivity index (χ1v) is 6.96. The number of amides is 1. The molecule has 2 aliphatic rings. The predicted molar refractivity (Wildman–Crippen MR) is 84.7 cm³/mol. The lowest BCUT2D eigenvalue weighted by molar-refractivity contribution is -0.124. The Morgan fingerprint density at radius 3 is 2.40 bits per heavy atom. The quantitative estimate of drug-likeness (QED) is 0.757. The second-order valence-corrected chi connectivity index (χ2v) is 5.59. The number of nitrogens with one attached hydrogen (secondary N) is 1. The Morgan fingerprint density at radius 1 is 1.30 bits per heavy atom. The van der Waals surface area contributed by atoms with E-state index in [-0.39, 0.29) is 43.4 Å². The van der Waals surface area contributed by atoms with Crippen LogP contribution < -0.4 is 11.1 Å². The molecular formula is C13H27Cl2N3O2. The Morgan fingerprint density at radius 2 is 1.90 bits per heavy atom. The molecule has 1 heterocycles. The van der Waals surface area contributed by atoms with Crippen LogP contribution in [0.4, 0.5) is 0 Å². The number of carbonyl (C=O) groups excluding carboxylic acids is 1. The number of nitrogens with zero attached hydrogens (tertiary/aromatic N) is 1. The minimum atomic E-state index is -0.542. The van der Waals surface area contributed by atoms with E-state index in [9.17, 15) is 4.79 Å². The van der Waals surface area contributed by atoms with Gasteiger partial charge in [0.1, 0.15) is 6.04 Å². The molecular weight excluding hydrogens is 301 g/mol. The fraction of sp³-hybridized carbons (Fsp3) is 0.923. The standard InChI is InChI=1S/C13H25N3O2.2ClH/c1-18-9-12(14)13(17)15-11-4-6-16(7-5-11)8-10-2-3-10;;/h10-12H,2-9,14H2,1H3,(H,15,17);2*1H. The van der Waals surface area contributed by atoms with Gasteiger partial charge in [-0.2, -0.15) is 0 Å². The molecule has 1 saturated heterocycles. The van der Waals surface area contributed by atoms with Gasteiger partial charge in [0, 0.05) is 32.8 Å². The fourth-order valence-electron chi connectivity index (χ4n) is 2.49. The highest BCUT2D eigenvalue weighted by Crippen LogP contribution is 2.30. The summed E-state index contributed by atoms with van der Waals surface area (Å²) in [5, 5.41) is 3.02. The largest absolute Gasteiger partial charge is 0.383 e. The molecule has 20 heavy (non-hydrogen) atoms.